The number of carbonyl (C=O) groups is 1. The van der Waals surface area contributed by atoms with Crippen LogP contribution in [0.3, 0.4) is 0 Å². The summed E-state index contributed by atoms with van der Waals surface area (Å²) in [6.07, 6.45) is 6.63. The highest BCUT2D eigenvalue weighted by molar-refractivity contribution is 9.10. The van der Waals surface area contributed by atoms with Crippen LogP contribution in [0.2, 0.25) is 5.02 Å². The zero-order chi connectivity index (χ0) is 16.7. The first kappa shape index (κ1) is 17.1. The van der Waals surface area contributed by atoms with Gasteiger partial charge in [0.1, 0.15) is 12.4 Å². The largest absolute Gasteiger partial charge is 0.480 e. The molecule has 2 aromatic rings. The molecule has 0 aliphatic rings. The van der Waals surface area contributed by atoms with Crippen LogP contribution in [0.25, 0.3) is 0 Å². The van der Waals surface area contributed by atoms with Crippen molar-refractivity contribution in [2.75, 3.05) is 6.61 Å². The maximum absolute atomic E-state index is 12.0. The van der Waals surface area contributed by atoms with Gasteiger partial charge in [0, 0.05) is 15.1 Å². The minimum Gasteiger partial charge on any atom is -0.480 e. The molecule has 0 aromatic heterocycles. The first-order valence-electron chi connectivity index (χ1n) is 6.55. The molecule has 1 N–H and O–H groups in total. The summed E-state index contributed by atoms with van der Waals surface area (Å²) in [5, 5.41) is 4.46. The summed E-state index contributed by atoms with van der Waals surface area (Å²) in [6, 6.07) is 12.1. The van der Waals surface area contributed by atoms with E-state index in [0.717, 1.165) is 0 Å². The van der Waals surface area contributed by atoms with Crippen molar-refractivity contribution in [1.82, 2.24) is 5.43 Å². The molecule has 0 saturated carbocycles. The van der Waals surface area contributed by atoms with E-state index in [1.54, 1.807) is 36.4 Å². The predicted molar refractivity (Wildman–Crippen MR) is 95.0 cm³/mol. The van der Waals surface area contributed by atoms with Crippen molar-refractivity contribution in [3.05, 3.63) is 63.1 Å². The molecule has 0 bridgehead atoms. The molecule has 0 unspecified atom stereocenters. The molecule has 0 saturated heterocycles. The van der Waals surface area contributed by atoms with Gasteiger partial charge in [-0.2, -0.15) is 5.10 Å². The van der Waals surface area contributed by atoms with Crippen molar-refractivity contribution >= 4 is 39.7 Å². The zero-order valence-corrected chi connectivity index (χ0v) is 14.3. The first-order valence-corrected chi connectivity index (χ1v) is 7.72. The Kier molecular flexibility index (Phi) is 6.21. The molecule has 2 aromatic carbocycles. The number of rotatable bonds is 5. The number of carbonyl (C=O) groups excluding carboxylic acids is 1. The molecule has 0 radical (unpaired) electrons. The molecule has 116 valence electrons. The zero-order valence-electron chi connectivity index (χ0n) is 11.9. The van der Waals surface area contributed by atoms with Crippen molar-refractivity contribution in [3.63, 3.8) is 0 Å². The van der Waals surface area contributed by atoms with Crippen molar-refractivity contribution in [1.29, 1.82) is 0 Å². The Hall–Kier alpha value is -2.29. The van der Waals surface area contributed by atoms with Gasteiger partial charge in [0.2, 0.25) is 0 Å². The molecule has 0 aliphatic carbocycles. The maximum atomic E-state index is 12.0. The molecule has 0 heterocycles. The highest BCUT2D eigenvalue weighted by Gasteiger charge is 2.08. The molecule has 23 heavy (non-hydrogen) atoms. The lowest BCUT2D eigenvalue weighted by Crippen LogP contribution is -2.18. The highest BCUT2D eigenvalue weighted by Crippen LogP contribution is 2.21. The lowest BCUT2D eigenvalue weighted by Gasteiger charge is -2.06. The fraction of sp³-hybridized carbons (Fsp3) is 0.0588. The number of hydrogen-bond acceptors (Lipinski definition) is 3. The second-order valence-corrected chi connectivity index (χ2v) is 5.64. The Bertz CT molecular complexity index is 784. The van der Waals surface area contributed by atoms with E-state index >= 15 is 0 Å². The molecular weight excluding hydrogens is 380 g/mol. The van der Waals surface area contributed by atoms with Crippen molar-refractivity contribution < 1.29 is 9.53 Å². The summed E-state index contributed by atoms with van der Waals surface area (Å²) in [5.41, 5.74) is 3.55. The highest BCUT2D eigenvalue weighted by atomic mass is 79.9. The molecule has 0 aliphatic heterocycles. The Morgan fingerprint density at radius 2 is 2.17 bits per heavy atom. The summed E-state index contributed by atoms with van der Waals surface area (Å²) < 4.78 is 6.08. The second kappa shape index (κ2) is 8.37. The van der Waals surface area contributed by atoms with E-state index in [4.69, 9.17) is 22.8 Å². The summed E-state index contributed by atoms with van der Waals surface area (Å²) in [6.45, 7) is 0.131. The van der Waals surface area contributed by atoms with E-state index in [1.807, 2.05) is 6.07 Å². The predicted octanol–water partition coefficient (Wildman–Crippen LogP) is 3.88. The fourth-order valence-electron chi connectivity index (χ4n) is 1.74. The number of hydrazone groups is 1. The van der Waals surface area contributed by atoms with Gasteiger partial charge in [-0.1, -0.05) is 29.7 Å². The van der Waals surface area contributed by atoms with Gasteiger partial charge in [0.25, 0.3) is 5.91 Å². The van der Waals surface area contributed by atoms with E-state index in [2.05, 4.69) is 32.4 Å². The number of ether oxygens (including phenoxy) is 1. The number of amides is 1. The van der Waals surface area contributed by atoms with Crippen LogP contribution in [0.1, 0.15) is 15.9 Å². The van der Waals surface area contributed by atoms with Gasteiger partial charge < -0.3 is 4.74 Å². The van der Waals surface area contributed by atoms with E-state index in [-0.39, 0.29) is 12.5 Å². The second-order valence-electron chi connectivity index (χ2n) is 4.35. The Morgan fingerprint density at radius 1 is 1.39 bits per heavy atom. The maximum Gasteiger partial charge on any atom is 0.272 e. The average Bonchev–Trinajstić information content (AvgIpc) is 2.54. The van der Waals surface area contributed by atoms with Gasteiger partial charge in [-0.05, 0) is 46.3 Å². The first-order chi connectivity index (χ1) is 11.1. The van der Waals surface area contributed by atoms with Gasteiger partial charge in [-0.25, -0.2) is 5.43 Å². The summed E-state index contributed by atoms with van der Waals surface area (Å²) in [4.78, 5) is 12.0. The van der Waals surface area contributed by atoms with E-state index in [9.17, 15) is 4.79 Å². The monoisotopic (exact) mass is 390 g/mol. The molecular formula is C17H12BrClN2O2. The lowest BCUT2D eigenvalue weighted by molar-refractivity contribution is 0.0954. The Balaban J connectivity index is 2.11. The van der Waals surface area contributed by atoms with Crippen molar-refractivity contribution in [3.8, 4) is 18.1 Å². The average molecular weight is 392 g/mol. The van der Waals surface area contributed by atoms with Crippen molar-refractivity contribution in [2.45, 2.75) is 0 Å². The standard InChI is InChI=1S/C17H12BrClN2O2/c1-2-9-23-16-8-7-13(19)10-12(16)11-20-21-17(22)14-5-3-4-6-15(14)18/h1,3-8,10-11H,9H2,(H,21,22)/b20-11+. The third-order valence-electron chi connectivity index (χ3n) is 2.77. The summed E-state index contributed by atoms with van der Waals surface area (Å²) in [5.74, 6) is 2.59. The Labute approximate surface area is 147 Å². The van der Waals surface area contributed by atoms with Crippen LogP contribution in [-0.4, -0.2) is 18.7 Å². The van der Waals surface area contributed by atoms with Crippen LogP contribution < -0.4 is 10.2 Å². The normalized spacial score (nSPS) is 10.3. The van der Waals surface area contributed by atoms with Crippen LogP contribution in [0.15, 0.2) is 52.0 Å². The SMILES string of the molecule is C#CCOc1ccc(Cl)cc1/C=N/NC(=O)c1ccccc1Br. The number of terminal acetylenes is 1. The van der Waals surface area contributed by atoms with Gasteiger partial charge in [-0.15, -0.1) is 6.42 Å². The van der Waals surface area contributed by atoms with Gasteiger partial charge in [0.05, 0.1) is 11.8 Å². The third-order valence-corrected chi connectivity index (χ3v) is 3.70. The van der Waals surface area contributed by atoms with Crippen LogP contribution in [0.4, 0.5) is 0 Å². The van der Waals surface area contributed by atoms with E-state index < -0.39 is 0 Å². The van der Waals surface area contributed by atoms with Crippen LogP contribution >= 0.6 is 27.5 Å². The van der Waals surface area contributed by atoms with E-state index in [0.29, 0.717) is 26.4 Å². The molecule has 0 atom stereocenters. The quantitative estimate of drug-likeness (QED) is 0.478. The smallest absolute Gasteiger partial charge is 0.272 e. The van der Waals surface area contributed by atoms with Crippen LogP contribution in [0, 0.1) is 12.3 Å². The fourth-order valence-corrected chi connectivity index (χ4v) is 2.38. The van der Waals surface area contributed by atoms with E-state index in [1.165, 1.54) is 6.21 Å². The van der Waals surface area contributed by atoms with Gasteiger partial charge in [0.15, 0.2) is 0 Å². The molecule has 2 rings (SSSR count). The minimum atomic E-state index is -0.332. The Morgan fingerprint density at radius 3 is 2.91 bits per heavy atom. The topological polar surface area (TPSA) is 50.7 Å². The van der Waals surface area contributed by atoms with Gasteiger partial charge >= 0.3 is 0 Å². The minimum absolute atomic E-state index is 0.131. The molecule has 1 amide bonds. The number of hydrogen-bond donors (Lipinski definition) is 1. The molecule has 4 nitrogen and oxygen atoms in total. The summed E-state index contributed by atoms with van der Waals surface area (Å²) >= 11 is 9.27. The molecule has 0 fully saturated rings. The third kappa shape index (κ3) is 4.85. The molecule has 6 heteroatoms. The summed E-state index contributed by atoms with van der Waals surface area (Å²) in [7, 11) is 0. The van der Waals surface area contributed by atoms with Gasteiger partial charge in [-0.3, -0.25) is 4.79 Å². The number of nitrogens with zero attached hydrogens (tertiary/aromatic N) is 1. The number of benzene rings is 2. The molecule has 0 spiro atoms. The van der Waals surface area contributed by atoms with Crippen LogP contribution in [0.5, 0.6) is 5.75 Å². The lowest BCUT2D eigenvalue weighted by atomic mass is 10.2. The van der Waals surface area contributed by atoms with Crippen molar-refractivity contribution in [2.24, 2.45) is 5.10 Å². The van der Waals surface area contributed by atoms with Crippen LogP contribution in [-0.2, 0) is 0 Å². The number of nitrogens with one attached hydrogen (secondary N) is 1. The number of halogens is 2.